The Morgan fingerprint density at radius 3 is 2.69 bits per heavy atom. The summed E-state index contributed by atoms with van der Waals surface area (Å²) in [6.07, 6.45) is 0.580. The van der Waals surface area contributed by atoms with E-state index in [9.17, 15) is 14.3 Å². The molecule has 0 bridgehead atoms. The van der Waals surface area contributed by atoms with Gasteiger partial charge in [-0.3, -0.25) is 9.69 Å². The van der Waals surface area contributed by atoms with Crippen molar-refractivity contribution in [2.45, 2.75) is 18.9 Å². The van der Waals surface area contributed by atoms with Gasteiger partial charge in [0.15, 0.2) is 0 Å². The largest absolute Gasteiger partial charge is 0.491 e. The van der Waals surface area contributed by atoms with Gasteiger partial charge in [-0.25, -0.2) is 4.39 Å². The third kappa shape index (κ3) is 4.86. The van der Waals surface area contributed by atoms with Crippen LogP contribution in [0, 0.1) is 5.82 Å². The Hall–Kier alpha value is -2.64. The lowest BCUT2D eigenvalue weighted by atomic mass is 10.0. The van der Waals surface area contributed by atoms with Crippen molar-refractivity contribution in [2.75, 3.05) is 49.5 Å². The monoisotopic (exact) mass is 399 g/mol. The van der Waals surface area contributed by atoms with Crippen molar-refractivity contribution in [1.29, 1.82) is 0 Å². The zero-order chi connectivity index (χ0) is 20.2. The molecule has 2 aliphatic rings. The number of rotatable bonds is 6. The van der Waals surface area contributed by atoms with Crippen LogP contribution in [0.4, 0.5) is 15.8 Å². The Kier molecular flexibility index (Phi) is 5.97. The number of halogens is 1. The van der Waals surface area contributed by atoms with Crippen LogP contribution in [0.2, 0.25) is 0 Å². The summed E-state index contributed by atoms with van der Waals surface area (Å²) in [5.74, 6) is 0.541. The molecule has 2 aliphatic heterocycles. The molecule has 1 saturated heterocycles. The van der Waals surface area contributed by atoms with Crippen molar-refractivity contribution < 1.29 is 19.0 Å². The number of hydrogen-bond acceptors (Lipinski definition) is 5. The highest BCUT2D eigenvalue weighted by Gasteiger charge is 2.21. The van der Waals surface area contributed by atoms with Crippen molar-refractivity contribution in [2.24, 2.45) is 0 Å². The van der Waals surface area contributed by atoms with Gasteiger partial charge in [0.25, 0.3) is 0 Å². The van der Waals surface area contributed by atoms with E-state index in [1.807, 2.05) is 29.2 Å². The molecule has 1 amide bonds. The van der Waals surface area contributed by atoms with Crippen molar-refractivity contribution in [3.63, 3.8) is 0 Å². The van der Waals surface area contributed by atoms with E-state index in [2.05, 4.69) is 10.2 Å². The average molecular weight is 399 g/mol. The molecule has 1 atom stereocenters. The number of aliphatic hydroxyl groups excluding tert-OH is 1. The number of anilines is 2. The van der Waals surface area contributed by atoms with Crippen molar-refractivity contribution in [3.05, 3.63) is 53.8 Å². The van der Waals surface area contributed by atoms with Crippen LogP contribution in [0.25, 0.3) is 0 Å². The normalized spacial score (nSPS) is 18.1. The Morgan fingerprint density at radius 2 is 1.90 bits per heavy atom. The van der Waals surface area contributed by atoms with Crippen molar-refractivity contribution >= 4 is 17.3 Å². The number of aryl methyl sites for hydroxylation is 1. The topological polar surface area (TPSA) is 65.0 Å². The molecule has 6 nitrogen and oxygen atoms in total. The van der Waals surface area contributed by atoms with Gasteiger partial charge in [0.2, 0.25) is 5.91 Å². The lowest BCUT2D eigenvalue weighted by Gasteiger charge is -2.36. The third-order valence-electron chi connectivity index (χ3n) is 5.45. The number of fused-ring (bicyclic) bond motifs is 1. The Bertz CT molecular complexity index is 868. The minimum absolute atomic E-state index is 0.0386. The van der Waals surface area contributed by atoms with E-state index < -0.39 is 6.10 Å². The van der Waals surface area contributed by atoms with Crippen LogP contribution in [-0.2, 0) is 11.2 Å². The number of nitrogens with zero attached hydrogens (tertiary/aromatic N) is 2. The number of nitrogens with one attached hydrogen (secondary N) is 1. The zero-order valence-corrected chi connectivity index (χ0v) is 16.3. The predicted octanol–water partition coefficient (Wildman–Crippen LogP) is 2.27. The number of hydrogen-bond donors (Lipinski definition) is 2. The fourth-order valence-corrected chi connectivity index (χ4v) is 3.87. The first-order valence-corrected chi connectivity index (χ1v) is 10.0. The number of para-hydroxylation sites is 1. The average Bonchev–Trinajstić information content (AvgIpc) is 2.73. The lowest BCUT2D eigenvalue weighted by molar-refractivity contribution is -0.116. The van der Waals surface area contributed by atoms with Gasteiger partial charge in [-0.05, 0) is 42.3 Å². The molecule has 2 aromatic carbocycles. The molecule has 4 rings (SSSR count). The first kappa shape index (κ1) is 19.7. The highest BCUT2D eigenvalue weighted by molar-refractivity contribution is 5.93. The summed E-state index contributed by atoms with van der Waals surface area (Å²) in [7, 11) is 0. The molecule has 0 aliphatic carbocycles. The van der Waals surface area contributed by atoms with Gasteiger partial charge < -0.3 is 20.1 Å². The van der Waals surface area contributed by atoms with E-state index >= 15 is 0 Å². The molecule has 0 radical (unpaired) electrons. The van der Waals surface area contributed by atoms with Crippen molar-refractivity contribution in [1.82, 2.24) is 4.90 Å². The molecule has 2 N–H and O–H groups in total. The summed E-state index contributed by atoms with van der Waals surface area (Å²) in [5, 5.41) is 13.2. The van der Waals surface area contributed by atoms with E-state index in [1.54, 1.807) is 12.1 Å². The number of carbonyl (C=O) groups excluding carboxylic acids is 1. The van der Waals surface area contributed by atoms with Gasteiger partial charge in [0.05, 0.1) is 5.69 Å². The van der Waals surface area contributed by atoms with E-state index in [0.717, 1.165) is 37.4 Å². The molecular formula is C22H26FN3O3. The van der Waals surface area contributed by atoms with Crippen LogP contribution < -0.4 is 15.0 Å². The highest BCUT2D eigenvalue weighted by Crippen LogP contribution is 2.27. The fourth-order valence-electron chi connectivity index (χ4n) is 3.87. The van der Waals surface area contributed by atoms with E-state index in [-0.39, 0.29) is 18.3 Å². The number of β-amino-alcohol motifs (C(OH)–C–C–N with tert-alkyl or cyclic N) is 1. The molecule has 154 valence electrons. The van der Waals surface area contributed by atoms with Gasteiger partial charge in [-0.2, -0.15) is 0 Å². The first-order valence-electron chi connectivity index (χ1n) is 10.0. The van der Waals surface area contributed by atoms with Crippen LogP contribution in [0.15, 0.2) is 42.5 Å². The summed E-state index contributed by atoms with van der Waals surface area (Å²) < 4.78 is 19.7. The van der Waals surface area contributed by atoms with E-state index in [4.69, 9.17) is 4.74 Å². The number of piperazine rings is 1. The predicted molar refractivity (Wildman–Crippen MR) is 110 cm³/mol. The minimum Gasteiger partial charge on any atom is -0.491 e. The fraction of sp³-hybridized carbons (Fsp3) is 0.409. The second-order valence-corrected chi connectivity index (χ2v) is 7.57. The third-order valence-corrected chi connectivity index (χ3v) is 5.45. The maximum absolute atomic E-state index is 13.9. The van der Waals surface area contributed by atoms with Gasteiger partial charge in [0.1, 0.15) is 24.3 Å². The molecular weight excluding hydrogens is 373 g/mol. The smallest absolute Gasteiger partial charge is 0.224 e. The SMILES string of the molecule is O=C1CCc2cc(OCC(O)CN3CCN(c4ccccc4F)CC3)ccc2N1. The van der Waals surface area contributed by atoms with Crippen LogP contribution in [-0.4, -0.2) is 61.3 Å². The molecule has 2 heterocycles. The maximum Gasteiger partial charge on any atom is 0.224 e. The summed E-state index contributed by atoms with van der Waals surface area (Å²) in [5.41, 5.74) is 2.53. The molecule has 0 saturated carbocycles. The van der Waals surface area contributed by atoms with Gasteiger partial charge in [-0.1, -0.05) is 12.1 Å². The van der Waals surface area contributed by atoms with Crippen LogP contribution >= 0.6 is 0 Å². The second-order valence-electron chi connectivity index (χ2n) is 7.57. The molecule has 7 heteroatoms. The van der Waals surface area contributed by atoms with Crippen LogP contribution in [0.1, 0.15) is 12.0 Å². The van der Waals surface area contributed by atoms with Gasteiger partial charge >= 0.3 is 0 Å². The number of aliphatic hydroxyl groups is 1. The molecule has 29 heavy (non-hydrogen) atoms. The van der Waals surface area contributed by atoms with Gasteiger partial charge in [-0.15, -0.1) is 0 Å². The highest BCUT2D eigenvalue weighted by atomic mass is 19.1. The summed E-state index contributed by atoms with van der Waals surface area (Å²) in [4.78, 5) is 15.6. The number of carbonyl (C=O) groups is 1. The zero-order valence-electron chi connectivity index (χ0n) is 16.3. The summed E-state index contributed by atoms with van der Waals surface area (Å²) in [6.45, 7) is 3.72. The Labute approximate surface area is 169 Å². The Balaban J connectivity index is 1.23. The maximum atomic E-state index is 13.9. The first-order chi connectivity index (χ1) is 14.1. The molecule has 0 spiro atoms. The second kappa shape index (κ2) is 8.80. The molecule has 0 aromatic heterocycles. The molecule has 1 unspecified atom stereocenters. The van der Waals surface area contributed by atoms with Gasteiger partial charge in [0, 0.05) is 44.8 Å². The summed E-state index contributed by atoms with van der Waals surface area (Å²) >= 11 is 0. The summed E-state index contributed by atoms with van der Waals surface area (Å²) in [6, 6.07) is 12.4. The number of ether oxygens (including phenoxy) is 1. The molecule has 2 aromatic rings. The molecule has 1 fully saturated rings. The Morgan fingerprint density at radius 1 is 1.10 bits per heavy atom. The number of benzene rings is 2. The van der Waals surface area contributed by atoms with Crippen LogP contribution in [0.3, 0.4) is 0 Å². The van der Waals surface area contributed by atoms with E-state index in [1.165, 1.54) is 6.07 Å². The van der Waals surface area contributed by atoms with Crippen molar-refractivity contribution in [3.8, 4) is 5.75 Å². The lowest BCUT2D eigenvalue weighted by Crippen LogP contribution is -2.49. The van der Waals surface area contributed by atoms with Crippen LogP contribution in [0.5, 0.6) is 5.75 Å². The standard InChI is InChI=1S/C22H26FN3O3/c23-19-3-1-2-4-21(19)26-11-9-25(10-12-26)14-17(27)15-29-18-6-7-20-16(13-18)5-8-22(28)24-20/h1-4,6-7,13,17,27H,5,8-12,14-15H2,(H,24,28). The van der Waals surface area contributed by atoms with E-state index in [0.29, 0.717) is 30.8 Å². The minimum atomic E-state index is -0.606. The quantitative estimate of drug-likeness (QED) is 0.780. The number of amides is 1.